The van der Waals surface area contributed by atoms with E-state index in [1.165, 1.54) is 36.6 Å². The molecule has 3 aromatic rings. The van der Waals surface area contributed by atoms with E-state index in [9.17, 15) is 16.8 Å². The van der Waals surface area contributed by atoms with Crippen molar-refractivity contribution in [3.8, 4) is 11.3 Å². The number of hydrogen-bond donors (Lipinski definition) is 1. The second-order valence-electron chi connectivity index (χ2n) is 5.50. The molecule has 0 fully saturated rings. The first-order chi connectivity index (χ1) is 11.7. The largest absolute Gasteiger partial charge is 0.464 e. The van der Waals surface area contributed by atoms with Crippen LogP contribution in [0, 0.1) is 6.92 Å². The molecular formula is C17H15NO5S2. The van der Waals surface area contributed by atoms with E-state index in [0.29, 0.717) is 0 Å². The molecule has 2 aromatic carbocycles. The summed E-state index contributed by atoms with van der Waals surface area (Å²) in [5.74, 6) is 0.233. The van der Waals surface area contributed by atoms with E-state index in [2.05, 4.69) is 0 Å². The van der Waals surface area contributed by atoms with Gasteiger partial charge in [0, 0.05) is 5.56 Å². The third-order valence-corrected chi connectivity index (χ3v) is 6.43. The van der Waals surface area contributed by atoms with Crippen LogP contribution in [0.4, 0.5) is 0 Å². The van der Waals surface area contributed by atoms with Crippen LogP contribution < -0.4 is 5.14 Å². The van der Waals surface area contributed by atoms with Crippen molar-refractivity contribution in [3.05, 3.63) is 66.4 Å². The Morgan fingerprint density at radius 2 is 1.52 bits per heavy atom. The number of aryl methyl sites for hydroxylation is 1. The zero-order valence-electron chi connectivity index (χ0n) is 13.2. The molecule has 0 aliphatic rings. The number of benzene rings is 2. The number of sulfonamides is 1. The van der Waals surface area contributed by atoms with Crippen molar-refractivity contribution in [2.24, 2.45) is 5.14 Å². The standard InChI is InChI=1S/C17H15NO5S2/c1-12-4-6-13(7-5-12)24(19,20)17-9-8-14(25(18,21)22)11-15(17)16-3-2-10-23-16/h2-11H,1H3,(H2,18,21,22). The second kappa shape index (κ2) is 6.14. The van der Waals surface area contributed by atoms with Crippen LogP contribution in [0.15, 0.2) is 80.0 Å². The van der Waals surface area contributed by atoms with Gasteiger partial charge in [0.25, 0.3) is 0 Å². The highest BCUT2D eigenvalue weighted by Gasteiger charge is 2.25. The predicted molar refractivity (Wildman–Crippen MR) is 92.1 cm³/mol. The second-order valence-corrected chi connectivity index (χ2v) is 8.98. The first-order valence-corrected chi connectivity index (χ1v) is 10.2. The van der Waals surface area contributed by atoms with Crippen LogP contribution >= 0.6 is 0 Å². The molecule has 3 rings (SSSR count). The van der Waals surface area contributed by atoms with Crippen LogP contribution in [-0.4, -0.2) is 16.8 Å². The molecule has 1 aromatic heterocycles. The van der Waals surface area contributed by atoms with Crippen molar-refractivity contribution < 1.29 is 21.3 Å². The van der Waals surface area contributed by atoms with E-state index in [4.69, 9.17) is 9.56 Å². The van der Waals surface area contributed by atoms with Gasteiger partial charge < -0.3 is 4.42 Å². The Morgan fingerprint density at radius 3 is 2.08 bits per heavy atom. The topological polar surface area (TPSA) is 107 Å². The van der Waals surface area contributed by atoms with Gasteiger partial charge in [-0.15, -0.1) is 0 Å². The quantitative estimate of drug-likeness (QED) is 0.752. The van der Waals surface area contributed by atoms with Gasteiger partial charge in [0.1, 0.15) is 5.76 Å². The lowest BCUT2D eigenvalue weighted by Crippen LogP contribution is -2.13. The highest BCUT2D eigenvalue weighted by molar-refractivity contribution is 7.91. The van der Waals surface area contributed by atoms with Crippen LogP contribution in [0.2, 0.25) is 0 Å². The summed E-state index contributed by atoms with van der Waals surface area (Å²) in [6.07, 6.45) is 1.38. The third-order valence-electron chi connectivity index (χ3n) is 3.69. The third kappa shape index (κ3) is 3.37. The Labute approximate surface area is 145 Å². The maximum absolute atomic E-state index is 13.0. The fraction of sp³-hybridized carbons (Fsp3) is 0.0588. The van der Waals surface area contributed by atoms with Crippen molar-refractivity contribution in [2.45, 2.75) is 21.6 Å². The number of rotatable bonds is 4. The van der Waals surface area contributed by atoms with E-state index in [1.54, 1.807) is 24.3 Å². The molecule has 6 nitrogen and oxygen atoms in total. The van der Waals surface area contributed by atoms with Crippen LogP contribution in [-0.2, 0) is 19.9 Å². The molecule has 2 N–H and O–H groups in total. The zero-order chi connectivity index (χ0) is 18.2. The Balaban J connectivity index is 2.27. The molecule has 0 spiro atoms. The molecule has 0 unspecified atom stereocenters. The summed E-state index contributed by atoms with van der Waals surface area (Å²) >= 11 is 0. The van der Waals surface area contributed by atoms with Crippen molar-refractivity contribution in [3.63, 3.8) is 0 Å². The van der Waals surface area contributed by atoms with E-state index in [1.807, 2.05) is 6.92 Å². The van der Waals surface area contributed by atoms with Gasteiger partial charge >= 0.3 is 0 Å². The SMILES string of the molecule is Cc1ccc(S(=O)(=O)c2ccc(S(N)(=O)=O)cc2-c2ccco2)cc1. The van der Waals surface area contributed by atoms with Gasteiger partial charge in [-0.05, 0) is 49.4 Å². The van der Waals surface area contributed by atoms with Gasteiger partial charge in [-0.25, -0.2) is 22.0 Å². The fourth-order valence-corrected chi connectivity index (χ4v) is 4.37. The predicted octanol–water partition coefficient (Wildman–Crippen LogP) is 2.74. The monoisotopic (exact) mass is 377 g/mol. The van der Waals surface area contributed by atoms with E-state index in [0.717, 1.165) is 5.56 Å². The highest BCUT2D eigenvalue weighted by Crippen LogP contribution is 2.33. The summed E-state index contributed by atoms with van der Waals surface area (Å²) in [5.41, 5.74) is 1.06. The number of sulfone groups is 1. The first-order valence-electron chi connectivity index (χ1n) is 7.22. The summed E-state index contributed by atoms with van der Waals surface area (Å²) in [6.45, 7) is 1.85. The van der Waals surface area contributed by atoms with Crippen molar-refractivity contribution in [1.29, 1.82) is 0 Å². The maximum atomic E-state index is 13.0. The van der Waals surface area contributed by atoms with Gasteiger partial charge in [-0.1, -0.05) is 17.7 Å². The molecule has 130 valence electrons. The molecule has 0 atom stereocenters. The van der Waals surface area contributed by atoms with Gasteiger partial charge in [0.05, 0.1) is 20.9 Å². The molecule has 0 saturated carbocycles. The van der Waals surface area contributed by atoms with Gasteiger partial charge in [0.2, 0.25) is 19.9 Å². The van der Waals surface area contributed by atoms with Gasteiger partial charge in [-0.3, -0.25) is 0 Å². The molecule has 0 saturated heterocycles. The Hall–Kier alpha value is -2.42. The van der Waals surface area contributed by atoms with Crippen molar-refractivity contribution >= 4 is 19.9 Å². The maximum Gasteiger partial charge on any atom is 0.238 e. The van der Waals surface area contributed by atoms with Gasteiger partial charge in [-0.2, -0.15) is 0 Å². The minimum atomic E-state index is -3.99. The van der Waals surface area contributed by atoms with Gasteiger partial charge in [0.15, 0.2) is 0 Å². The highest BCUT2D eigenvalue weighted by atomic mass is 32.2. The Kier molecular flexibility index (Phi) is 4.28. The average Bonchev–Trinajstić information content (AvgIpc) is 3.08. The molecule has 0 aliphatic heterocycles. The average molecular weight is 377 g/mol. The molecule has 1 heterocycles. The number of hydrogen-bond acceptors (Lipinski definition) is 5. The molecule has 0 amide bonds. The minimum absolute atomic E-state index is 0.0568. The fourth-order valence-electron chi connectivity index (χ4n) is 2.39. The van der Waals surface area contributed by atoms with E-state index in [-0.39, 0.29) is 26.0 Å². The summed E-state index contributed by atoms with van der Waals surface area (Å²) in [5, 5.41) is 5.16. The van der Waals surface area contributed by atoms with Crippen LogP contribution in [0.5, 0.6) is 0 Å². The van der Waals surface area contributed by atoms with Crippen LogP contribution in [0.25, 0.3) is 11.3 Å². The van der Waals surface area contributed by atoms with E-state index < -0.39 is 19.9 Å². The van der Waals surface area contributed by atoms with Crippen LogP contribution in [0.1, 0.15) is 5.56 Å². The lowest BCUT2D eigenvalue weighted by Gasteiger charge is -2.11. The summed E-state index contributed by atoms with van der Waals surface area (Å²) in [6, 6.07) is 13.1. The Morgan fingerprint density at radius 1 is 0.880 bits per heavy atom. The molecular weight excluding hydrogens is 362 g/mol. The summed E-state index contributed by atoms with van der Waals surface area (Å²) in [7, 11) is -7.86. The van der Waals surface area contributed by atoms with Crippen molar-refractivity contribution in [2.75, 3.05) is 0 Å². The molecule has 0 aliphatic carbocycles. The number of primary sulfonamides is 1. The number of nitrogens with two attached hydrogens (primary N) is 1. The first kappa shape index (κ1) is 17.4. The normalized spacial score (nSPS) is 12.2. The summed E-state index contributed by atoms with van der Waals surface area (Å²) in [4.78, 5) is -0.144. The molecule has 0 radical (unpaired) electrons. The molecule has 8 heteroatoms. The summed E-state index contributed by atoms with van der Waals surface area (Å²) < 4.78 is 54.5. The lowest BCUT2D eigenvalue weighted by molar-refractivity contribution is 0.576. The smallest absolute Gasteiger partial charge is 0.238 e. The lowest BCUT2D eigenvalue weighted by atomic mass is 10.2. The minimum Gasteiger partial charge on any atom is -0.464 e. The van der Waals surface area contributed by atoms with Crippen molar-refractivity contribution in [1.82, 2.24) is 0 Å². The van der Waals surface area contributed by atoms with E-state index >= 15 is 0 Å². The van der Waals surface area contributed by atoms with Crippen LogP contribution in [0.3, 0.4) is 0 Å². The number of furan rings is 1. The molecule has 0 bridgehead atoms. The Bertz CT molecular complexity index is 1110. The molecule has 25 heavy (non-hydrogen) atoms. The zero-order valence-corrected chi connectivity index (χ0v) is 14.8.